The third-order valence-electron chi connectivity index (χ3n) is 4.82. The summed E-state index contributed by atoms with van der Waals surface area (Å²) in [4.78, 5) is 14.7. The lowest BCUT2D eigenvalue weighted by atomic mass is 9.97. The van der Waals surface area contributed by atoms with Gasteiger partial charge in [-0.3, -0.25) is 4.79 Å². The molecule has 1 aliphatic heterocycles. The lowest BCUT2D eigenvalue weighted by Gasteiger charge is -2.32. The van der Waals surface area contributed by atoms with Gasteiger partial charge >= 0.3 is 0 Å². The highest BCUT2D eigenvalue weighted by Crippen LogP contribution is 2.22. The summed E-state index contributed by atoms with van der Waals surface area (Å²) < 4.78 is 10.2. The van der Waals surface area contributed by atoms with E-state index in [1.54, 1.807) is 20.3 Å². The molecule has 1 aliphatic rings. The number of rotatable bonds is 7. The third kappa shape index (κ3) is 5.09. The third-order valence-corrected chi connectivity index (χ3v) is 4.82. The molecule has 7 nitrogen and oxygen atoms in total. The Morgan fingerprint density at radius 3 is 2.63 bits per heavy atom. The Bertz CT molecular complexity index is 734. The van der Waals surface area contributed by atoms with Crippen LogP contribution in [0.15, 0.2) is 36.4 Å². The Labute approximate surface area is 159 Å². The summed E-state index contributed by atoms with van der Waals surface area (Å²) >= 11 is 0. The van der Waals surface area contributed by atoms with Crippen LogP contribution in [0, 0.1) is 5.92 Å². The van der Waals surface area contributed by atoms with Crippen molar-refractivity contribution in [3.8, 4) is 11.6 Å². The van der Waals surface area contributed by atoms with Crippen molar-refractivity contribution in [1.29, 1.82) is 0 Å². The number of piperidine rings is 1. The van der Waals surface area contributed by atoms with E-state index in [1.807, 2.05) is 30.3 Å². The molecule has 1 saturated heterocycles. The van der Waals surface area contributed by atoms with Gasteiger partial charge in [-0.1, -0.05) is 12.1 Å². The molecule has 0 radical (unpaired) electrons. The molecule has 1 aromatic carbocycles. The molecule has 2 heterocycles. The minimum absolute atomic E-state index is 0.0291. The van der Waals surface area contributed by atoms with Gasteiger partial charge in [0.2, 0.25) is 11.8 Å². The standard InChI is InChI=1S/C20H26N4O3/c1-26-17-7-5-15(6-8-17)11-12-21-20(25)16-4-3-13-24(14-16)18-9-10-19(27-2)23-22-18/h5-10,16H,3-4,11-14H2,1-2H3,(H,21,25). The van der Waals surface area contributed by atoms with Crippen molar-refractivity contribution in [2.45, 2.75) is 19.3 Å². The van der Waals surface area contributed by atoms with Gasteiger partial charge in [-0.2, -0.15) is 0 Å². The largest absolute Gasteiger partial charge is 0.497 e. The number of hydrogen-bond donors (Lipinski definition) is 1. The lowest BCUT2D eigenvalue weighted by molar-refractivity contribution is -0.125. The molecule has 3 rings (SSSR count). The van der Waals surface area contributed by atoms with E-state index in [1.165, 1.54) is 5.56 Å². The van der Waals surface area contributed by atoms with E-state index in [0.717, 1.165) is 37.4 Å². The van der Waals surface area contributed by atoms with Crippen LogP contribution in [0.1, 0.15) is 18.4 Å². The summed E-state index contributed by atoms with van der Waals surface area (Å²) in [6.45, 7) is 2.18. The fraction of sp³-hybridized carbons (Fsp3) is 0.450. The van der Waals surface area contributed by atoms with Crippen LogP contribution in [0.2, 0.25) is 0 Å². The molecule has 0 aliphatic carbocycles. The normalized spacial score (nSPS) is 16.7. The van der Waals surface area contributed by atoms with Gasteiger partial charge in [0.1, 0.15) is 5.75 Å². The summed E-state index contributed by atoms with van der Waals surface area (Å²) in [7, 11) is 3.22. The van der Waals surface area contributed by atoms with E-state index in [4.69, 9.17) is 9.47 Å². The van der Waals surface area contributed by atoms with E-state index < -0.39 is 0 Å². The smallest absolute Gasteiger partial charge is 0.233 e. The van der Waals surface area contributed by atoms with Crippen molar-refractivity contribution in [1.82, 2.24) is 15.5 Å². The second-order valence-electron chi connectivity index (χ2n) is 6.61. The first-order valence-electron chi connectivity index (χ1n) is 9.23. The maximum Gasteiger partial charge on any atom is 0.233 e. The van der Waals surface area contributed by atoms with Crippen LogP contribution in [0.25, 0.3) is 0 Å². The molecule has 27 heavy (non-hydrogen) atoms. The number of nitrogens with one attached hydrogen (secondary N) is 1. The highest BCUT2D eigenvalue weighted by molar-refractivity contribution is 5.79. The van der Waals surface area contributed by atoms with Crippen LogP contribution in [-0.2, 0) is 11.2 Å². The Balaban J connectivity index is 1.48. The molecule has 1 atom stereocenters. The molecular weight excluding hydrogens is 344 g/mol. The Morgan fingerprint density at radius 2 is 1.96 bits per heavy atom. The fourth-order valence-electron chi connectivity index (χ4n) is 3.26. The molecule has 7 heteroatoms. The van der Waals surface area contributed by atoms with E-state index >= 15 is 0 Å². The summed E-state index contributed by atoms with van der Waals surface area (Å²) in [5.74, 6) is 2.19. The summed E-state index contributed by atoms with van der Waals surface area (Å²) in [6, 6.07) is 11.6. The number of benzene rings is 1. The second kappa shape index (κ2) is 9.21. The number of carbonyl (C=O) groups excluding carboxylic acids is 1. The molecule has 1 fully saturated rings. The number of aromatic nitrogens is 2. The summed E-state index contributed by atoms with van der Waals surface area (Å²) in [6.07, 6.45) is 2.66. The topological polar surface area (TPSA) is 76.6 Å². The van der Waals surface area contributed by atoms with Crippen molar-refractivity contribution in [3.05, 3.63) is 42.0 Å². The second-order valence-corrected chi connectivity index (χ2v) is 6.61. The van der Waals surface area contributed by atoms with Crippen molar-refractivity contribution in [3.63, 3.8) is 0 Å². The minimum atomic E-state index is -0.0291. The van der Waals surface area contributed by atoms with Gasteiger partial charge in [-0.25, -0.2) is 0 Å². The van der Waals surface area contributed by atoms with Crippen molar-refractivity contribution in [2.24, 2.45) is 5.92 Å². The maximum atomic E-state index is 12.6. The van der Waals surface area contributed by atoms with Gasteiger partial charge < -0.3 is 19.7 Å². The first-order valence-corrected chi connectivity index (χ1v) is 9.23. The monoisotopic (exact) mass is 370 g/mol. The van der Waals surface area contributed by atoms with Crippen LogP contribution in [0.5, 0.6) is 11.6 Å². The predicted molar refractivity (Wildman–Crippen MR) is 103 cm³/mol. The maximum absolute atomic E-state index is 12.6. The number of carbonyl (C=O) groups is 1. The molecule has 1 unspecified atom stereocenters. The molecule has 1 N–H and O–H groups in total. The summed E-state index contributed by atoms with van der Waals surface area (Å²) in [5.41, 5.74) is 1.18. The molecular formula is C20H26N4O3. The summed E-state index contributed by atoms with van der Waals surface area (Å²) in [5, 5.41) is 11.3. The Hall–Kier alpha value is -2.83. The van der Waals surface area contributed by atoms with Gasteiger partial charge in [-0.05, 0) is 43.0 Å². The van der Waals surface area contributed by atoms with Gasteiger partial charge in [0.15, 0.2) is 5.82 Å². The zero-order valence-corrected chi connectivity index (χ0v) is 15.9. The highest BCUT2D eigenvalue weighted by Gasteiger charge is 2.26. The SMILES string of the molecule is COc1ccc(CCNC(=O)C2CCCN(c3ccc(OC)nn3)C2)cc1. The lowest BCUT2D eigenvalue weighted by Crippen LogP contribution is -2.43. The highest BCUT2D eigenvalue weighted by atomic mass is 16.5. The number of nitrogens with zero attached hydrogens (tertiary/aromatic N) is 3. The van der Waals surface area contributed by atoms with Crippen LogP contribution < -0.4 is 19.7 Å². The number of anilines is 1. The van der Waals surface area contributed by atoms with E-state index in [9.17, 15) is 4.79 Å². The Morgan fingerprint density at radius 1 is 1.15 bits per heavy atom. The van der Waals surface area contributed by atoms with Crippen LogP contribution in [0.3, 0.4) is 0 Å². The van der Waals surface area contributed by atoms with Crippen LogP contribution in [0.4, 0.5) is 5.82 Å². The van der Waals surface area contributed by atoms with E-state index in [-0.39, 0.29) is 11.8 Å². The molecule has 0 saturated carbocycles. The number of amides is 1. The molecule has 1 aromatic heterocycles. The van der Waals surface area contributed by atoms with E-state index in [0.29, 0.717) is 19.0 Å². The zero-order valence-electron chi connectivity index (χ0n) is 15.9. The first-order chi connectivity index (χ1) is 13.2. The predicted octanol–water partition coefficient (Wildman–Crippen LogP) is 2.07. The van der Waals surface area contributed by atoms with Crippen molar-refractivity contribution < 1.29 is 14.3 Å². The molecule has 1 amide bonds. The Kier molecular flexibility index (Phi) is 6.46. The van der Waals surface area contributed by atoms with Crippen LogP contribution >= 0.6 is 0 Å². The first kappa shape index (κ1) is 18.9. The number of ether oxygens (including phenoxy) is 2. The zero-order chi connectivity index (χ0) is 19.1. The number of methoxy groups -OCH3 is 2. The number of hydrogen-bond acceptors (Lipinski definition) is 6. The van der Waals surface area contributed by atoms with Gasteiger partial charge in [-0.15, -0.1) is 10.2 Å². The van der Waals surface area contributed by atoms with Crippen molar-refractivity contribution >= 4 is 11.7 Å². The van der Waals surface area contributed by atoms with Gasteiger partial charge in [0.25, 0.3) is 0 Å². The molecule has 0 bridgehead atoms. The van der Waals surface area contributed by atoms with Gasteiger partial charge in [0.05, 0.1) is 20.1 Å². The van der Waals surface area contributed by atoms with Crippen molar-refractivity contribution in [2.75, 3.05) is 38.8 Å². The minimum Gasteiger partial charge on any atom is -0.497 e. The molecule has 0 spiro atoms. The average Bonchev–Trinajstić information content (AvgIpc) is 2.74. The molecule has 2 aromatic rings. The quantitative estimate of drug-likeness (QED) is 0.804. The molecule has 144 valence electrons. The van der Waals surface area contributed by atoms with E-state index in [2.05, 4.69) is 20.4 Å². The average molecular weight is 370 g/mol. The van der Waals surface area contributed by atoms with Gasteiger partial charge in [0, 0.05) is 25.7 Å². The fourth-order valence-corrected chi connectivity index (χ4v) is 3.26. The van der Waals surface area contributed by atoms with Crippen LogP contribution in [-0.4, -0.2) is 50.0 Å².